The molecule has 2 aliphatic rings. The van der Waals surface area contributed by atoms with Crippen molar-refractivity contribution in [2.45, 2.75) is 39.3 Å². The number of amides is 1. The van der Waals surface area contributed by atoms with E-state index in [1.54, 1.807) is 12.3 Å². The SMILES string of the molecule is CC[C@H]1CN(C(=O)c2ccc(OC(C)C)nc2)C[C@@H]1N1CCOCC1. The van der Waals surface area contributed by atoms with Crippen molar-refractivity contribution in [1.29, 1.82) is 0 Å². The Morgan fingerprint density at radius 2 is 2.08 bits per heavy atom. The molecule has 0 spiro atoms. The first-order valence-electron chi connectivity index (χ1n) is 9.32. The highest BCUT2D eigenvalue weighted by molar-refractivity contribution is 5.94. The quantitative estimate of drug-likeness (QED) is 0.816. The monoisotopic (exact) mass is 347 g/mol. The number of carbonyl (C=O) groups is 1. The van der Waals surface area contributed by atoms with E-state index < -0.39 is 0 Å². The van der Waals surface area contributed by atoms with Gasteiger partial charge in [0.05, 0.1) is 24.9 Å². The van der Waals surface area contributed by atoms with Gasteiger partial charge in [0.15, 0.2) is 0 Å². The first-order chi connectivity index (χ1) is 12.1. The largest absolute Gasteiger partial charge is 0.475 e. The van der Waals surface area contributed by atoms with Gasteiger partial charge in [0.1, 0.15) is 0 Å². The molecule has 0 N–H and O–H groups in total. The fourth-order valence-electron chi connectivity index (χ4n) is 3.74. The predicted molar refractivity (Wildman–Crippen MR) is 95.9 cm³/mol. The van der Waals surface area contributed by atoms with Crippen LogP contribution in [0.4, 0.5) is 0 Å². The Morgan fingerprint density at radius 1 is 1.32 bits per heavy atom. The van der Waals surface area contributed by atoms with Crippen LogP contribution < -0.4 is 4.74 Å². The zero-order chi connectivity index (χ0) is 17.8. The number of aromatic nitrogens is 1. The van der Waals surface area contributed by atoms with Crippen molar-refractivity contribution in [2.24, 2.45) is 5.92 Å². The first kappa shape index (κ1) is 18.1. The Balaban J connectivity index is 1.65. The van der Waals surface area contributed by atoms with Crippen LogP contribution in [0.5, 0.6) is 5.88 Å². The standard InChI is InChI=1S/C19H29N3O3/c1-4-15-12-22(13-17(15)21-7-9-24-10-8-21)19(23)16-5-6-18(20-11-16)25-14(2)3/h5-6,11,14-15,17H,4,7-10,12-13H2,1-3H3/t15-,17-/m0/s1. The van der Waals surface area contributed by atoms with Gasteiger partial charge in [-0.2, -0.15) is 0 Å². The van der Waals surface area contributed by atoms with Gasteiger partial charge in [0.25, 0.3) is 5.91 Å². The van der Waals surface area contributed by atoms with Gasteiger partial charge in [0, 0.05) is 44.5 Å². The molecule has 1 aromatic rings. The fourth-order valence-corrected chi connectivity index (χ4v) is 3.74. The molecule has 6 nitrogen and oxygen atoms in total. The van der Waals surface area contributed by atoms with E-state index in [1.807, 2.05) is 24.8 Å². The average molecular weight is 347 g/mol. The summed E-state index contributed by atoms with van der Waals surface area (Å²) in [5.41, 5.74) is 0.633. The summed E-state index contributed by atoms with van der Waals surface area (Å²) < 4.78 is 11.0. The van der Waals surface area contributed by atoms with E-state index in [9.17, 15) is 4.79 Å². The smallest absolute Gasteiger partial charge is 0.255 e. The third-order valence-corrected chi connectivity index (χ3v) is 5.07. The van der Waals surface area contributed by atoms with Gasteiger partial charge in [0.2, 0.25) is 5.88 Å². The van der Waals surface area contributed by atoms with Crippen LogP contribution in [-0.4, -0.2) is 72.2 Å². The lowest BCUT2D eigenvalue weighted by molar-refractivity contribution is 0.0103. The van der Waals surface area contributed by atoms with Crippen molar-refractivity contribution in [3.63, 3.8) is 0 Å². The topological polar surface area (TPSA) is 54.9 Å². The zero-order valence-electron chi connectivity index (χ0n) is 15.5. The number of ether oxygens (including phenoxy) is 2. The van der Waals surface area contributed by atoms with Gasteiger partial charge in [-0.25, -0.2) is 4.98 Å². The van der Waals surface area contributed by atoms with Crippen molar-refractivity contribution < 1.29 is 14.3 Å². The summed E-state index contributed by atoms with van der Waals surface area (Å²) in [4.78, 5) is 21.6. The third kappa shape index (κ3) is 4.30. The lowest BCUT2D eigenvalue weighted by Crippen LogP contribution is -2.47. The van der Waals surface area contributed by atoms with E-state index in [0.29, 0.717) is 23.4 Å². The minimum absolute atomic E-state index is 0.0674. The molecule has 0 radical (unpaired) electrons. The fraction of sp³-hybridized carbons (Fsp3) is 0.684. The van der Waals surface area contributed by atoms with Crippen molar-refractivity contribution in [3.05, 3.63) is 23.9 Å². The summed E-state index contributed by atoms with van der Waals surface area (Å²) >= 11 is 0. The Hall–Kier alpha value is -1.66. The molecule has 0 aliphatic carbocycles. The molecular formula is C19H29N3O3. The molecule has 25 heavy (non-hydrogen) atoms. The summed E-state index contributed by atoms with van der Waals surface area (Å²) in [5.74, 6) is 1.15. The Bertz CT molecular complexity index is 570. The number of hydrogen-bond donors (Lipinski definition) is 0. The number of likely N-dealkylation sites (tertiary alicyclic amines) is 1. The molecular weight excluding hydrogens is 318 g/mol. The van der Waals surface area contributed by atoms with Gasteiger partial charge in [-0.1, -0.05) is 13.3 Å². The summed E-state index contributed by atoms with van der Waals surface area (Å²) in [6, 6.07) is 4.03. The van der Waals surface area contributed by atoms with Gasteiger partial charge in [-0.05, 0) is 25.8 Å². The van der Waals surface area contributed by atoms with Crippen LogP contribution in [0.2, 0.25) is 0 Å². The Labute approximate surface area is 150 Å². The van der Waals surface area contributed by atoms with E-state index in [4.69, 9.17) is 9.47 Å². The molecule has 2 fully saturated rings. The second-order valence-electron chi connectivity index (χ2n) is 7.15. The molecule has 6 heteroatoms. The highest BCUT2D eigenvalue weighted by Gasteiger charge is 2.38. The van der Waals surface area contributed by atoms with Gasteiger partial charge < -0.3 is 14.4 Å². The van der Waals surface area contributed by atoms with Crippen LogP contribution in [0, 0.1) is 5.92 Å². The maximum atomic E-state index is 12.9. The van der Waals surface area contributed by atoms with Gasteiger partial charge >= 0.3 is 0 Å². The molecule has 138 valence electrons. The molecule has 0 aromatic carbocycles. The maximum absolute atomic E-state index is 12.9. The van der Waals surface area contributed by atoms with Gasteiger partial charge in [-0.15, -0.1) is 0 Å². The molecule has 0 bridgehead atoms. The predicted octanol–water partition coefficient (Wildman–Crippen LogP) is 2.05. The highest BCUT2D eigenvalue weighted by atomic mass is 16.5. The van der Waals surface area contributed by atoms with E-state index >= 15 is 0 Å². The van der Waals surface area contributed by atoms with E-state index in [0.717, 1.165) is 45.8 Å². The number of morpholine rings is 1. The molecule has 1 amide bonds. The van der Waals surface area contributed by atoms with Crippen molar-refractivity contribution in [1.82, 2.24) is 14.8 Å². The molecule has 3 rings (SSSR count). The van der Waals surface area contributed by atoms with Crippen molar-refractivity contribution in [3.8, 4) is 5.88 Å². The number of nitrogens with zero attached hydrogens (tertiary/aromatic N) is 3. The summed E-state index contributed by atoms with van der Waals surface area (Å²) in [6.45, 7) is 11.3. The number of carbonyl (C=O) groups excluding carboxylic acids is 1. The van der Waals surface area contributed by atoms with Crippen LogP contribution in [-0.2, 0) is 4.74 Å². The Kier molecular flexibility index (Phi) is 5.91. The van der Waals surface area contributed by atoms with Crippen LogP contribution in [0.15, 0.2) is 18.3 Å². The molecule has 2 saturated heterocycles. The lowest BCUT2D eigenvalue weighted by Gasteiger charge is -2.34. The third-order valence-electron chi connectivity index (χ3n) is 5.07. The second kappa shape index (κ2) is 8.15. The normalized spacial score (nSPS) is 24.7. The van der Waals surface area contributed by atoms with E-state index in [-0.39, 0.29) is 12.0 Å². The number of pyridine rings is 1. The number of rotatable bonds is 5. The van der Waals surface area contributed by atoms with Crippen LogP contribution in [0.3, 0.4) is 0 Å². The van der Waals surface area contributed by atoms with Crippen LogP contribution in [0.25, 0.3) is 0 Å². The van der Waals surface area contributed by atoms with E-state index in [1.165, 1.54) is 0 Å². The van der Waals surface area contributed by atoms with E-state index in [2.05, 4.69) is 16.8 Å². The summed E-state index contributed by atoms with van der Waals surface area (Å²) in [5, 5.41) is 0. The summed E-state index contributed by atoms with van der Waals surface area (Å²) in [7, 11) is 0. The van der Waals surface area contributed by atoms with Crippen LogP contribution >= 0.6 is 0 Å². The average Bonchev–Trinajstić information content (AvgIpc) is 3.06. The molecule has 2 aliphatic heterocycles. The molecule has 3 heterocycles. The van der Waals surface area contributed by atoms with Gasteiger partial charge in [-0.3, -0.25) is 9.69 Å². The highest BCUT2D eigenvalue weighted by Crippen LogP contribution is 2.27. The van der Waals surface area contributed by atoms with Crippen molar-refractivity contribution in [2.75, 3.05) is 39.4 Å². The maximum Gasteiger partial charge on any atom is 0.255 e. The second-order valence-corrected chi connectivity index (χ2v) is 7.15. The lowest BCUT2D eigenvalue weighted by atomic mass is 9.99. The van der Waals surface area contributed by atoms with Crippen LogP contribution in [0.1, 0.15) is 37.6 Å². The molecule has 0 saturated carbocycles. The first-order valence-corrected chi connectivity index (χ1v) is 9.32. The summed E-state index contributed by atoms with van der Waals surface area (Å²) in [6.07, 6.45) is 2.79. The molecule has 0 unspecified atom stereocenters. The Morgan fingerprint density at radius 3 is 2.68 bits per heavy atom. The number of hydrogen-bond acceptors (Lipinski definition) is 5. The van der Waals surface area contributed by atoms with Crippen molar-refractivity contribution >= 4 is 5.91 Å². The molecule has 2 atom stereocenters. The minimum Gasteiger partial charge on any atom is -0.475 e. The molecule has 1 aromatic heterocycles. The zero-order valence-corrected chi connectivity index (χ0v) is 15.5. The minimum atomic E-state index is 0.0674.